The zero-order valence-electron chi connectivity index (χ0n) is 22.0. The normalized spacial score (nSPS) is 20.7. The SMILES string of the molecule is CCN1C(=O)N2Cc3cc(OC)cc(OC)c3C(C)C=C2C12CCN(C(=O)c1cc(C)oc1C)CC2. The summed E-state index contributed by atoms with van der Waals surface area (Å²) in [6, 6.07) is 5.75. The molecule has 0 N–H and O–H groups in total. The van der Waals surface area contributed by atoms with Gasteiger partial charge in [-0.1, -0.05) is 13.0 Å². The molecule has 5 rings (SSSR count). The van der Waals surface area contributed by atoms with Crippen molar-refractivity contribution in [2.24, 2.45) is 0 Å². The van der Waals surface area contributed by atoms with Crippen LogP contribution in [0.25, 0.3) is 0 Å². The Kier molecular flexibility index (Phi) is 6.01. The van der Waals surface area contributed by atoms with E-state index >= 15 is 0 Å². The van der Waals surface area contributed by atoms with Crippen LogP contribution in [0.3, 0.4) is 0 Å². The molecule has 2 aromatic rings. The summed E-state index contributed by atoms with van der Waals surface area (Å²) in [5, 5.41) is 0. The van der Waals surface area contributed by atoms with E-state index in [2.05, 4.69) is 13.0 Å². The van der Waals surface area contributed by atoms with Crippen LogP contribution in [-0.2, 0) is 6.54 Å². The van der Waals surface area contributed by atoms with Gasteiger partial charge in [-0.2, -0.15) is 0 Å². The molecule has 3 amide bonds. The van der Waals surface area contributed by atoms with Crippen LogP contribution in [0, 0.1) is 13.8 Å². The van der Waals surface area contributed by atoms with Crippen LogP contribution in [0.5, 0.6) is 11.5 Å². The Balaban J connectivity index is 1.49. The molecule has 3 aliphatic heterocycles. The molecule has 8 nitrogen and oxygen atoms in total. The number of amides is 3. The molecule has 2 fully saturated rings. The van der Waals surface area contributed by atoms with Gasteiger partial charge in [0.25, 0.3) is 5.91 Å². The summed E-state index contributed by atoms with van der Waals surface area (Å²) in [6.45, 7) is 10.1. The van der Waals surface area contributed by atoms with Crippen molar-refractivity contribution in [3.05, 3.63) is 58.2 Å². The van der Waals surface area contributed by atoms with Crippen molar-refractivity contribution in [2.75, 3.05) is 33.9 Å². The molecular formula is C28H35N3O5. The van der Waals surface area contributed by atoms with Gasteiger partial charge in [0.2, 0.25) is 0 Å². The van der Waals surface area contributed by atoms with Gasteiger partial charge in [-0.25, -0.2) is 4.79 Å². The van der Waals surface area contributed by atoms with E-state index in [1.165, 1.54) is 0 Å². The van der Waals surface area contributed by atoms with Crippen LogP contribution in [-0.4, -0.2) is 66.0 Å². The molecule has 1 atom stereocenters. The number of nitrogens with zero attached hydrogens (tertiary/aromatic N) is 3. The summed E-state index contributed by atoms with van der Waals surface area (Å²) in [7, 11) is 3.31. The van der Waals surface area contributed by atoms with Crippen molar-refractivity contribution in [1.82, 2.24) is 14.7 Å². The number of benzene rings is 1. The smallest absolute Gasteiger partial charge is 0.325 e. The number of rotatable bonds is 4. The fourth-order valence-corrected chi connectivity index (χ4v) is 6.36. The molecule has 1 aromatic carbocycles. The fraction of sp³-hybridized carbons (Fsp3) is 0.500. The molecule has 0 saturated carbocycles. The predicted octanol–water partition coefficient (Wildman–Crippen LogP) is 4.85. The summed E-state index contributed by atoms with van der Waals surface area (Å²) >= 11 is 0. The predicted molar refractivity (Wildman–Crippen MR) is 135 cm³/mol. The molecule has 0 bridgehead atoms. The number of likely N-dealkylation sites (N-methyl/N-ethyl adjacent to an activating group) is 1. The van der Waals surface area contributed by atoms with Gasteiger partial charge in [0.05, 0.1) is 31.9 Å². The first-order valence-corrected chi connectivity index (χ1v) is 12.7. The third-order valence-corrected chi connectivity index (χ3v) is 8.06. The number of ether oxygens (including phenoxy) is 2. The molecule has 1 unspecified atom stereocenters. The maximum absolute atomic E-state index is 13.8. The number of urea groups is 1. The van der Waals surface area contributed by atoms with Gasteiger partial charge in [0, 0.05) is 42.9 Å². The van der Waals surface area contributed by atoms with Crippen LogP contribution in [0.4, 0.5) is 4.79 Å². The number of hydrogen-bond acceptors (Lipinski definition) is 5. The monoisotopic (exact) mass is 493 g/mol. The highest BCUT2D eigenvalue weighted by Gasteiger charge is 2.55. The zero-order valence-corrected chi connectivity index (χ0v) is 22.0. The van der Waals surface area contributed by atoms with Gasteiger partial charge in [0.1, 0.15) is 23.0 Å². The second-order valence-corrected chi connectivity index (χ2v) is 10.0. The molecular weight excluding hydrogens is 458 g/mol. The minimum Gasteiger partial charge on any atom is -0.497 e. The number of piperidine rings is 1. The van der Waals surface area contributed by atoms with E-state index in [1.54, 1.807) is 14.2 Å². The van der Waals surface area contributed by atoms with Crippen molar-refractivity contribution in [3.8, 4) is 11.5 Å². The van der Waals surface area contributed by atoms with E-state index in [4.69, 9.17) is 13.9 Å². The van der Waals surface area contributed by atoms with Crippen molar-refractivity contribution < 1.29 is 23.5 Å². The lowest BCUT2D eigenvalue weighted by Crippen LogP contribution is -2.54. The molecule has 3 aliphatic rings. The number of carbonyl (C=O) groups excluding carboxylic acids is 2. The van der Waals surface area contributed by atoms with Crippen LogP contribution in [0.2, 0.25) is 0 Å². The van der Waals surface area contributed by atoms with Gasteiger partial charge < -0.3 is 23.7 Å². The van der Waals surface area contributed by atoms with E-state index in [0.29, 0.717) is 56.1 Å². The number of fused-ring (bicyclic) bond motifs is 3. The standard InChI is InChI=1S/C28H35N3O5/c1-7-31-27(33)30-16-20-14-21(34-5)15-23(35-6)25(20)17(2)12-24(30)28(31)8-10-29(11-9-28)26(32)22-13-18(3)36-19(22)4/h12-15,17H,7-11,16H2,1-6H3. The first-order chi connectivity index (χ1) is 17.2. The van der Waals surface area contributed by atoms with E-state index in [0.717, 1.165) is 28.3 Å². The zero-order chi connectivity index (χ0) is 25.8. The fourth-order valence-electron chi connectivity index (χ4n) is 6.36. The third kappa shape index (κ3) is 3.57. The van der Waals surface area contributed by atoms with Crippen LogP contribution < -0.4 is 9.47 Å². The molecule has 1 spiro atoms. The Morgan fingerprint density at radius 1 is 1.14 bits per heavy atom. The van der Waals surface area contributed by atoms with Gasteiger partial charge >= 0.3 is 6.03 Å². The van der Waals surface area contributed by atoms with Gasteiger partial charge in [0.15, 0.2) is 0 Å². The summed E-state index contributed by atoms with van der Waals surface area (Å²) in [6.07, 6.45) is 3.62. The second kappa shape index (κ2) is 8.91. The number of aryl methyl sites for hydroxylation is 2. The van der Waals surface area contributed by atoms with Crippen molar-refractivity contribution in [1.29, 1.82) is 0 Å². The highest BCUT2D eigenvalue weighted by molar-refractivity contribution is 5.95. The Morgan fingerprint density at radius 3 is 2.44 bits per heavy atom. The Labute approximate surface area is 212 Å². The van der Waals surface area contributed by atoms with E-state index in [9.17, 15) is 9.59 Å². The number of methoxy groups -OCH3 is 2. The number of likely N-dealkylation sites (tertiary alicyclic amines) is 1. The highest BCUT2D eigenvalue weighted by Crippen LogP contribution is 2.49. The molecule has 192 valence electrons. The number of carbonyl (C=O) groups is 2. The third-order valence-electron chi connectivity index (χ3n) is 8.06. The molecule has 8 heteroatoms. The Morgan fingerprint density at radius 2 is 1.86 bits per heavy atom. The maximum Gasteiger partial charge on any atom is 0.325 e. The molecule has 2 saturated heterocycles. The summed E-state index contributed by atoms with van der Waals surface area (Å²) in [4.78, 5) is 32.8. The Bertz CT molecular complexity index is 1240. The van der Waals surface area contributed by atoms with Crippen molar-refractivity contribution in [2.45, 2.75) is 58.5 Å². The number of hydrogen-bond donors (Lipinski definition) is 0. The van der Waals surface area contributed by atoms with Crippen molar-refractivity contribution >= 4 is 11.9 Å². The number of allylic oxidation sites excluding steroid dienone is 1. The van der Waals surface area contributed by atoms with Crippen LogP contribution in [0.1, 0.15) is 65.6 Å². The minimum atomic E-state index is -0.433. The highest BCUT2D eigenvalue weighted by atomic mass is 16.5. The lowest BCUT2D eigenvalue weighted by Gasteiger charge is -2.44. The molecule has 0 radical (unpaired) electrons. The minimum absolute atomic E-state index is 0.00382. The number of furan rings is 1. The topological polar surface area (TPSA) is 75.5 Å². The largest absolute Gasteiger partial charge is 0.497 e. The van der Waals surface area contributed by atoms with Gasteiger partial charge in [-0.3, -0.25) is 9.69 Å². The first kappa shape index (κ1) is 24.3. The molecule has 36 heavy (non-hydrogen) atoms. The molecule has 1 aromatic heterocycles. The molecule has 4 heterocycles. The summed E-state index contributed by atoms with van der Waals surface area (Å²) < 4.78 is 16.8. The van der Waals surface area contributed by atoms with Crippen LogP contribution in [0.15, 0.2) is 34.4 Å². The lowest BCUT2D eigenvalue weighted by molar-refractivity contribution is 0.0574. The van der Waals surface area contributed by atoms with E-state index < -0.39 is 5.54 Å². The first-order valence-electron chi connectivity index (χ1n) is 12.7. The van der Waals surface area contributed by atoms with Gasteiger partial charge in [-0.15, -0.1) is 0 Å². The van der Waals surface area contributed by atoms with E-state index in [1.807, 2.05) is 53.7 Å². The average molecular weight is 494 g/mol. The van der Waals surface area contributed by atoms with E-state index in [-0.39, 0.29) is 17.9 Å². The average Bonchev–Trinajstić information content (AvgIpc) is 3.24. The summed E-state index contributed by atoms with van der Waals surface area (Å²) in [5.41, 5.74) is 3.35. The quantitative estimate of drug-likeness (QED) is 0.609. The maximum atomic E-state index is 13.8. The lowest BCUT2D eigenvalue weighted by atomic mass is 9.82. The van der Waals surface area contributed by atoms with Gasteiger partial charge in [-0.05, 0) is 51.3 Å². The second-order valence-electron chi connectivity index (χ2n) is 10.0. The van der Waals surface area contributed by atoms with Crippen molar-refractivity contribution in [3.63, 3.8) is 0 Å². The Hall–Kier alpha value is -3.42. The molecule has 0 aliphatic carbocycles. The van der Waals surface area contributed by atoms with Crippen LogP contribution >= 0.6 is 0 Å². The summed E-state index contributed by atoms with van der Waals surface area (Å²) in [5.74, 6) is 2.93.